The molecular weight excluding hydrogens is 362 g/mol. The standard InChI is InChI=1S/C14H13BrClNO2S/c1-9-3-4-10(2)14(7-9)20(18,19)17-11-5-6-13(16)12(15)8-11/h3-8,17H,1-2H3. The van der Waals surface area contributed by atoms with Crippen molar-refractivity contribution in [1.29, 1.82) is 0 Å². The lowest BCUT2D eigenvalue weighted by atomic mass is 10.2. The van der Waals surface area contributed by atoms with E-state index in [9.17, 15) is 8.42 Å². The fraction of sp³-hybridized carbons (Fsp3) is 0.143. The van der Waals surface area contributed by atoms with Crippen molar-refractivity contribution in [2.75, 3.05) is 4.72 Å². The van der Waals surface area contributed by atoms with Crippen molar-refractivity contribution < 1.29 is 8.42 Å². The van der Waals surface area contributed by atoms with E-state index in [1.165, 1.54) is 0 Å². The van der Waals surface area contributed by atoms with Gasteiger partial charge in [-0.2, -0.15) is 0 Å². The Morgan fingerprint density at radius 1 is 1.10 bits per heavy atom. The molecule has 6 heteroatoms. The van der Waals surface area contributed by atoms with Crippen molar-refractivity contribution in [3.05, 3.63) is 57.0 Å². The number of aryl methyl sites for hydroxylation is 2. The summed E-state index contributed by atoms with van der Waals surface area (Å²) in [6.07, 6.45) is 0. The second kappa shape index (κ2) is 5.76. The van der Waals surface area contributed by atoms with Gasteiger partial charge in [-0.3, -0.25) is 4.72 Å². The Balaban J connectivity index is 2.40. The topological polar surface area (TPSA) is 46.2 Å². The number of halogens is 2. The van der Waals surface area contributed by atoms with Crippen molar-refractivity contribution in [2.24, 2.45) is 0 Å². The largest absolute Gasteiger partial charge is 0.280 e. The molecule has 1 N–H and O–H groups in total. The molecule has 0 aliphatic carbocycles. The van der Waals surface area contributed by atoms with Crippen LogP contribution in [0.1, 0.15) is 11.1 Å². The highest BCUT2D eigenvalue weighted by Crippen LogP contribution is 2.27. The fourth-order valence-corrected chi connectivity index (χ4v) is 3.64. The maximum atomic E-state index is 12.4. The average Bonchev–Trinajstić information content (AvgIpc) is 2.36. The molecule has 2 rings (SSSR count). The molecule has 0 radical (unpaired) electrons. The van der Waals surface area contributed by atoms with Crippen LogP contribution in [0.2, 0.25) is 5.02 Å². The second-order valence-corrected chi connectivity index (χ2v) is 7.42. The van der Waals surface area contributed by atoms with Gasteiger partial charge in [0.15, 0.2) is 0 Å². The van der Waals surface area contributed by atoms with Gasteiger partial charge in [0, 0.05) is 4.47 Å². The van der Waals surface area contributed by atoms with E-state index < -0.39 is 10.0 Å². The zero-order valence-electron chi connectivity index (χ0n) is 10.9. The molecule has 0 aliphatic rings. The Labute approximate surface area is 132 Å². The molecule has 0 atom stereocenters. The smallest absolute Gasteiger partial charge is 0.262 e. The Morgan fingerprint density at radius 3 is 2.45 bits per heavy atom. The molecule has 106 valence electrons. The van der Waals surface area contributed by atoms with Crippen LogP contribution in [-0.4, -0.2) is 8.42 Å². The molecule has 2 aromatic carbocycles. The number of hydrogen-bond donors (Lipinski definition) is 1. The number of benzene rings is 2. The van der Waals surface area contributed by atoms with Gasteiger partial charge in [-0.25, -0.2) is 8.42 Å². The highest BCUT2D eigenvalue weighted by Gasteiger charge is 2.17. The van der Waals surface area contributed by atoms with E-state index in [0.717, 1.165) is 5.56 Å². The molecule has 0 fully saturated rings. The number of nitrogens with one attached hydrogen (secondary N) is 1. The van der Waals surface area contributed by atoms with Crippen molar-refractivity contribution in [3.8, 4) is 0 Å². The molecule has 3 nitrogen and oxygen atoms in total. The van der Waals surface area contributed by atoms with Gasteiger partial charge >= 0.3 is 0 Å². The Kier molecular flexibility index (Phi) is 4.42. The zero-order chi connectivity index (χ0) is 14.9. The SMILES string of the molecule is Cc1ccc(C)c(S(=O)(=O)Nc2ccc(Cl)c(Br)c2)c1. The first kappa shape index (κ1) is 15.4. The summed E-state index contributed by atoms with van der Waals surface area (Å²) in [4.78, 5) is 0.281. The van der Waals surface area contributed by atoms with Crippen molar-refractivity contribution >= 4 is 43.2 Å². The summed E-state index contributed by atoms with van der Waals surface area (Å²) < 4.78 is 28.0. The molecule has 0 bridgehead atoms. The maximum absolute atomic E-state index is 12.4. The van der Waals surface area contributed by atoms with E-state index in [1.807, 2.05) is 13.0 Å². The van der Waals surface area contributed by atoms with E-state index in [1.54, 1.807) is 37.3 Å². The quantitative estimate of drug-likeness (QED) is 0.858. The van der Waals surface area contributed by atoms with Gasteiger partial charge < -0.3 is 0 Å². The van der Waals surface area contributed by atoms with Crippen LogP contribution in [-0.2, 0) is 10.0 Å². The first-order valence-corrected chi connectivity index (χ1v) is 8.50. The summed E-state index contributed by atoms with van der Waals surface area (Å²) in [6.45, 7) is 3.63. The lowest BCUT2D eigenvalue weighted by Gasteiger charge is -2.11. The first-order chi connectivity index (χ1) is 9.29. The van der Waals surface area contributed by atoms with Crippen LogP contribution in [0.15, 0.2) is 45.8 Å². The monoisotopic (exact) mass is 373 g/mol. The molecule has 0 unspecified atom stereocenters. The van der Waals surface area contributed by atoms with Crippen LogP contribution < -0.4 is 4.72 Å². The molecule has 0 amide bonds. The third-order valence-corrected chi connectivity index (χ3v) is 5.54. The van der Waals surface area contributed by atoms with Gasteiger partial charge in [0.2, 0.25) is 0 Å². The molecule has 0 saturated carbocycles. The molecule has 20 heavy (non-hydrogen) atoms. The van der Waals surface area contributed by atoms with Crippen LogP contribution in [0.25, 0.3) is 0 Å². The highest BCUT2D eigenvalue weighted by atomic mass is 79.9. The van der Waals surface area contributed by atoms with Gasteiger partial charge in [0.1, 0.15) is 0 Å². The Bertz CT molecular complexity index is 760. The normalized spacial score (nSPS) is 11.4. The third kappa shape index (κ3) is 3.34. The van der Waals surface area contributed by atoms with Crippen molar-refractivity contribution in [2.45, 2.75) is 18.7 Å². The third-order valence-electron chi connectivity index (χ3n) is 2.80. The lowest BCUT2D eigenvalue weighted by Crippen LogP contribution is -2.14. The number of anilines is 1. The summed E-state index contributed by atoms with van der Waals surface area (Å²) >= 11 is 9.16. The maximum Gasteiger partial charge on any atom is 0.262 e. The average molecular weight is 375 g/mol. The fourth-order valence-electron chi connectivity index (χ4n) is 1.77. The summed E-state index contributed by atoms with van der Waals surface area (Å²) in [7, 11) is -3.61. The van der Waals surface area contributed by atoms with E-state index in [0.29, 0.717) is 20.7 Å². The zero-order valence-corrected chi connectivity index (χ0v) is 14.1. The van der Waals surface area contributed by atoms with E-state index in [-0.39, 0.29) is 4.90 Å². The lowest BCUT2D eigenvalue weighted by molar-refractivity contribution is 0.600. The predicted octanol–water partition coefficient (Wildman–Crippen LogP) is 4.52. The van der Waals surface area contributed by atoms with Crippen LogP contribution >= 0.6 is 27.5 Å². The van der Waals surface area contributed by atoms with Crippen molar-refractivity contribution in [1.82, 2.24) is 0 Å². The summed E-state index contributed by atoms with van der Waals surface area (Å²) in [5, 5.41) is 0.527. The summed E-state index contributed by atoms with van der Waals surface area (Å²) in [6, 6.07) is 10.2. The predicted molar refractivity (Wildman–Crippen MR) is 85.9 cm³/mol. The minimum Gasteiger partial charge on any atom is -0.280 e. The van der Waals surface area contributed by atoms with E-state index in [2.05, 4.69) is 20.7 Å². The van der Waals surface area contributed by atoms with Crippen LogP contribution in [0.3, 0.4) is 0 Å². The molecule has 0 saturated heterocycles. The second-order valence-electron chi connectivity index (χ2n) is 4.50. The summed E-state index contributed by atoms with van der Waals surface area (Å²) in [5.74, 6) is 0. The minimum absolute atomic E-state index is 0.281. The van der Waals surface area contributed by atoms with Gasteiger partial charge in [-0.05, 0) is 65.2 Å². The summed E-state index contributed by atoms with van der Waals surface area (Å²) in [5.41, 5.74) is 2.06. The van der Waals surface area contributed by atoms with Crippen LogP contribution in [0.4, 0.5) is 5.69 Å². The van der Waals surface area contributed by atoms with Gasteiger partial charge in [-0.1, -0.05) is 23.7 Å². The molecule has 0 aromatic heterocycles. The minimum atomic E-state index is -3.61. The number of hydrogen-bond acceptors (Lipinski definition) is 2. The molecule has 0 spiro atoms. The van der Waals surface area contributed by atoms with Gasteiger partial charge in [0.05, 0.1) is 15.6 Å². The van der Waals surface area contributed by atoms with Gasteiger partial charge in [-0.15, -0.1) is 0 Å². The van der Waals surface area contributed by atoms with E-state index >= 15 is 0 Å². The van der Waals surface area contributed by atoms with Crippen LogP contribution in [0.5, 0.6) is 0 Å². The molecule has 0 aliphatic heterocycles. The Hall–Kier alpha value is -1.04. The highest BCUT2D eigenvalue weighted by molar-refractivity contribution is 9.10. The molecule has 2 aromatic rings. The van der Waals surface area contributed by atoms with E-state index in [4.69, 9.17) is 11.6 Å². The molecular formula is C14H13BrClNO2S. The van der Waals surface area contributed by atoms with Gasteiger partial charge in [0.25, 0.3) is 10.0 Å². The van der Waals surface area contributed by atoms with Crippen LogP contribution in [0, 0.1) is 13.8 Å². The van der Waals surface area contributed by atoms with Crippen molar-refractivity contribution in [3.63, 3.8) is 0 Å². The Morgan fingerprint density at radius 2 is 1.80 bits per heavy atom. The number of rotatable bonds is 3. The first-order valence-electron chi connectivity index (χ1n) is 5.85. The molecule has 0 heterocycles. The number of sulfonamides is 1.